The Hall–Kier alpha value is -1.15. The molecule has 1 aromatic carbocycles. The van der Waals surface area contributed by atoms with Crippen molar-refractivity contribution in [3.8, 4) is 0 Å². The standard InChI is InChI=1S/C16H18O2/c17-13-9-14(10-5-2-1-3-6-10)18-16-12-8-4-7-11(12)15(13)16/h1-3,5-6,11-12,14-16H,4,7-9H2/t11-,12+,14+,15-,16-/m0/s1. The van der Waals surface area contributed by atoms with E-state index in [1.54, 1.807) is 0 Å². The molecule has 3 aliphatic rings. The molecule has 2 saturated carbocycles. The average molecular weight is 242 g/mol. The largest absolute Gasteiger partial charge is 0.369 e. The number of benzene rings is 1. The van der Waals surface area contributed by atoms with Crippen LogP contribution >= 0.6 is 0 Å². The molecule has 1 aliphatic heterocycles. The predicted molar refractivity (Wildman–Crippen MR) is 68.0 cm³/mol. The Morgan fingerprint density at radius 1 is 1.06 bits per heavy atom. The number of ether oxygens (including phenoxy) is 1. The van der Waals surface area contributed by atoms with E-state index < -0.39 is 0 Å². The summed E-state index contributed by atoms with van der Waals surface area (Å²) in [5, 5.41) is 0. The Balaban J connectivity index is 1.58. The van der Waals surface area contributed by atoms with Crippen molar-refractivity contribution in [2.75, 3.05) is 0 Å². The number of carbonyl (C=O) groups excluding carboxylic acids is 1. The van der Waals surface area contributed by atoms with Gasteiger partial charge in [0.05, 0.1) is 12.2 Å². The molecular formula is C16H18O2. The summed E-state index contributed by atoms with van der Waals surface area (Å²) in [5.41, 5.74) is 1.16. The molecule has 1 aromatic rings. The number of fused-ring (bicyclic) bond motifs is 4. The lowest BCUT2D eigenvalue weighted by Gasteiger charge is -2.52. The minimum absolute atomic E-state index is 0.00139. The normalized spacial score (nSPS) is 42.0. The van der Waals surface area contributed by atoms with Crippen molar-refractivity contribution in [2.24, 2.45) is 17.8 Å². The van der Waals surface area contributed by atoms with E-state index in [4.69, 9.17) is 4.74 Å². The number of hydrogen-bond acceptors (Lipinski definition) is 2. The molecule has 0 spiro atoms. The Morgan fingerprint density at radius 3 is 2.67 bits per heavy atom. The lowest BCUT2D eigenvalue weighted by atomic mass is 9.60. The quantitative estimate of drug-likeness (QED) is 0.756. The number of carbonyl (C=O) groups is 1. The van der Waals surface area contributed by atoms with Gasteiger partial charge in [-0.2, -0.15) is 0 Å². The number of hydrogen-bond donors (Lipinski definition) is 0. The van der Waals surface area contributed by atoms with Crippen LogP contribution in [0.25, 0.3) is 0 Å². The summed E-state index contributed by atoms with van der Waals surface area (Å²) in [6.07, 6.45) is 4.60. The van der Waals surface area contributed by atoms with Gasteiger partial charge in [0.15, 0.2) is 0 Å². The van der Waals surface area contributed by atoms with E-state index in [0.717, 1.165) is 5.56 Å². The fourth-order valence-electron chi connectivity index (χ4n) is 4.26. The first-order chi connectivity index (χ1) is 8.84. The molecular weight excluding hydrogens is 224 g/mol. The molecule has 0 unspecified atom stereocenters. The van der Waals surface area contributed by atoms with Gasteiger partial charge in [-0.25, -0.2) is 0 Å². The van der Waals surface area contributed by atoms with Crippen LogP contribution < -0.4 is 0 Å². The van der Waals surface area contributed by atoms with Gasteiger partial charge in [-0.1, -0.05) is 36.8 Å². The number of ketones is 1. The summed E-state index contributed by atoms with van der Waals surface area (Å²) < 4.78 is 6.23. The van der Waals surface area contributed by atoms with Crippen molar-refractivity contribution >= 4 is 5.78 Å². The Labute approximate surface area is 107 Å². The molecule has 4 rings (SSSR count). The lowest BCUT2D eigenvalue weighted by molar-refractivity contribution is -0.195. The lowest BCUT2D eigenvalue weighted by Crippen LogP contribution is -2.57. The molecule has 0 N–H and O–H groups in total. The van der Waals surface area contributed by atoms with Crippen LogP contribution in [0.1, 0.15) is 37.4 Å². The summed E-state index contributed by atoms with van der Waals surface area (Å²) in [6.45, 7) is 0. The summed E-state index contributed by atoms with van der Waals surface area (Å²) in [4.78, 5) is 12.3. The van der Waals surface area contributed by atoms with Crippen molar-refractivity contribution in [3.05, 3.63) is 35.9 Å². The first kappa shape index (κ1) is 10.7. The first-order valence-electron chi connectivity index (χ1n) is 7.08. The maximum atomic E-state index is 12.3. The molecule has 2 aliphatic carbocycles. The second-order valence-electron chi connectivity index (χ2n) is 5.95. The third-order valence-corrected chi connectivity index (χ3v) is 5.11. The van der Waals surface area contributed by atoms with Crippen LogP contribution in [0.2, 0.25) is 0 Å². The fraction of sp³-hybridized carbons (Fsp3) is 0.562. The first-order valence-corrected chi connectivity index (χ1v) is 7.08. The molecule has 1 heterocycles. The van der Waals surface area contributed by atoms with E-state index in [2.05, 4.69) is 12.1 Å². The van der Waals surface area contributed by atoms with Gasteiger partial charge in [0, 0.05) is 12.3 Å². The van der Waals surface area contributed by atoms with Gasteiger partial charge in [0.1, 0.15) is 5.78 Å². The average Bonchev–Trinajstić information content (AvgIpc) is 2.79. The van der Waals surface area contributed by atoms with Crippen molar-refractivity contribution < 1.29 is 9.53 Å². The van der Waals surface area contributed by atoms with Crippen LogP contribution in [0.4, 0.5) is 0 Å². The third-order valence-electron chi connectivity index (χ3n) is 5.11. The molecule has 0 amide bonds. The summed E-state index contributed by atoms with van der Waals surface area (Å²) in [5.74, 6) is 2.01. The van der Waals surface area contributed by atoms with E-state index in [1.807, 2.05) is 18.2 Å². The van der Waals surface area contributed by atoms with Gasteiger partial charge in [0.25, 0.3) is 0 Å². The molecule has 5 atom stereocenters. The molecule has 2 nitrogen and oxygen atoms in total. The summed E-state index contributed by atoms with van der Waals surface area (Å²) in [7, 11) is 0. The van der Waals surface area contributed by atoms with Gasteiger partial charge in [-0.3, -0.25) is 4.79 Å². The van der Waals surface area contributed by atoms with Crippen molar-refractivity contribution in [1.29, 1.82) is 0 Å². The highest BCUT2D eigenvalue weighted by molar-refractivity contribution is 5.84. The highest BCUT2D eigenvalue weighted by Gasteiger charge is 2.58. The van der Waals surface area contributed by atoms with Crippen molar-refractivity contribution in [1.82, 2.24) is 0 Å². The van der Waals surface area contributed by atoms with E-state index in [1.165, 1.54) is 19.3 Å². The molecule has 0 bridgehead atoms. The molecule has 1 saturated heterocycles. The molecule has 94 valence electrons. The molecule has 3 fully saturated rings. The van der Waals surface area contributed by atoms with Crippen LogP contribution in [0, 0.1) is 17.8 Å². The van der Waals surface area contributed by atoms with E-state index in [0.29, 0.717) is 24.0 Å². The Morgan fingerprint density at radius 2 is 1.83 bits per heavy atom. The van der Waals surface area contributed by atoms with Gasteiger partial charge in [0.2, 0.25) is 0 Å². The van der Waals surface area contributed by atoms with Gasteiger partial charge in [-0.05, 0) is 30.2 Å². The Kier molecular flexibility index (Phi) is 2.34. The second kappa shape index (κ2) is 3.92. The van der Waals surface area contributed by atoms with Crippen LogP contribution in [-0.2, 0) is 9.53 Å². The van der Waals surface area contributed by atoms with E-state index in [9.17, 15) is 4.79 Å². The number of Topliss-reactive ketones (excluding diaryl/α,β-unsaturated/α-hetero) is 1. The van der Waals surface area contributed by atoms with Crippen LogP contribution in [0.5, 0.6) is 0 Å². The molecule has 2 heteroatoms. The molecule has 0 radical (unpaired) electrons. The molecule has 0 aromatic heterocycles. The smallest absolute Gasteiger partial charge is 0.141 e. The maximum absolute atomic E-state index is 12.3. The highest BCUT2D eigenvalue weighted by Crippen LogP contribution is 2.56. The molecule has 18 heavy (non-hydrogen) atoms. The van der Waals surface area contributed by atoms with Crippen molar-refractivity contribution in [2.45, 2.75) is 37.9 Å². The summed E-state index contributed by atoms with van der Waals surface area (Å²) in [6, 6.07) is 10.2. The van der Waals surface area contributed by atoms with Crippen LogP contribution in [0.15, 0.2) is 30.3 Å². The van der Waals surface area contributed by atoms with Gasteiger partial charge >= 0.3 is 0 Å². The SMILES string of the molecule is O=C1C[C@H](c2ccccc2)O[C@H]2[C@@H]3CCC[C@@H]3[C@@H]12. The van der Waals surface area contributed by atoms with E-state index >= 15 is 0 Å². The van der Waals surface area contributed by atoms with Crippen LogP contribution in [0.3, 0.4) is 0 Å². The zero-order valence-electron chi connectivity index (χ0n) is 10.4. The minimum Gasteiger partial charge on any atom is -0.369 e. The van der Waals surface area contributed by atoms with Crippen LogP contribution in [-0.4, -0.2) is 11.9 Å². The Bertz CT molecular complexity index is 467. The second-order valence-corrected chi connectivity index (χ2v) is 5.95. The van der Waals surface area contributed by atoms with E-state index in [-0.39, 0.29) is 18.1 Å². The van der Waals surface area contributed by atoms with Gasteiger partial charge < -0.3 is 4.74 Å². The topological polar surface area (TPSA) is 26.3 Å². The zero-order valence-corrected chi connectivity index (χ0v) is 10.4. The fourth-order valence-corrected chi connectivity index (χ4v) is 4.26. The van der Waals surface area contributed by atoms with Crippen molar-refractivity contribution in [3.63, 3.8) is 0 Å². The summed E-state index contributed by atoms with van der Waals surface area (Å²) >= 11 is 0. The third kappa shape index (κ3) is 1.42. The maximum Gasteiger partial charge on any atom is 0.141 e. The zero-order chi connectivity index (χ0) is 12.1. The minimum atomic E-state index is 0.00139. The predicted octanol–water partition coefficient (Wildman–Crippen LogP) is 3.13. The highest BCUT2D eigenvalue weighted by atomic mass is 16.5. The number of rotatable bonds is 1. The monoisotopic (exact) mass is 242 g/mol. The van der Waals surface area contributed by atoms with Gasteiger partial charge in [-0.15, -0.1) is 0 Å².